The molecule has 0 amide bonds. The largest absolute Gasteiger partial charge is 0.468 e. The molecule has 20 heavy (non-hydrogen) atoms. The Bertz CT molecular complexity index is 462. The molecule has 6 heteroatoms. The van der Waals surface area contributed by atoms with Crippen LogP contribution >= 0.6 is 0 Å². The molecule has 0 bridgehead atoms. The van der Waals surface area contributed by atoms with Crippen molar-refractivity contribution in [2.24, 2.45) is 0 Å². The number of hydrogen-bond acceptors (Lipinski definition) is 5. The summed E-state index contributed by atoms with van der Waals surface area (Å²) in [6, 6.07) is 5.99. The Hall–Kier alpha value is -1.95. The SMILES string of the molecule is CCCCC(NCc1cccc([N+](=O)[O-])c1)C(=O)OC. The standard InChI is InChI=1S/C14H20N2O4/c1-3-4-8-13(14(17)20-2)15-10-11-6-5-7-12(9-11)16(18)19/h5-7,9,13,15H,3-4,8,10H2,1-2H3. The summed E-state index contributed by atoms with van der Waals surface area (Å²) >= 11 is 0. The van der Waals surface area contributed by atoms with Crippen LogP contribution in [0.5, 0.6) is 0 Å². The summed E-state index contributed by atoms with van der Waals surface area (Å²) in [7, 11) is 1.36. The van der Waals surface area contributed by atoms with Gasteiger partial charge in [-0.3, -0.25) is 14.9 Å². The highest BCUT2D eigenvalue weighted by Gasteiger charge is 2.18. The number of hydrogen-bond donors (Lipinski definition) is 1. The van der Waals surface area contributed by atoms with Crippen molar-refractivity contribution >= 4 is 11.7 Å². The smallest absolute Gasteiger partial charge is 0.322 e. The third kappa shape index (κ3) is 4.97. The number of nitro benzene ring substituents is 1. The Balaban J connectivity index is 2.64. The molecule has 110 valence electrons. The summed E-state index contributed by atoms with van der Waals surface area (Å²) in [6.45, 7) is 2.44. The molecule has 0 aliphatic rings. The fraction of sp³-hybridized carbons (Fsp3) is 0.500. The van der Waals surface area contributed by atoms with E-state index >= 15 is 0 Å². The van der Waals surface area contributed by atoms with Crippen LogP contribution in [0.2, 0.25) is 0 Å². The molecular weight excluding hydrogens is 260 g/mol. The molecule has 1 aromatic carbocycles. The van der Waals surface area contributed by atoms with E-state index in [-0.39, 0.29) is 17.7 Å². The quantitative estimate of drug-likeness (QED) is 0.449. The van der Waals surface area contributed by atoms with Crippen molar-refractivity contribution in [3.63, 3.8) is 0 Å². The molecule has 1 aromatic rings. The Morgan fingerprint density at radius 1 is 1.50 bits per heavy atom. The highest BCUT2D eigenvalue weighted by atomic mass is 16.6. The fourth-order valence-corrected chi connectivity index (χ4v) is 1.87. The number of unbranched alkanes of at least 4 members (excludes halogenated alkanes) is 1. The van der Waals surface area contributed by atoms with Gasteiger partial charge in [0.2, 0.25) is 0 Å². The zero-order chi connectivity index (χ0) is 15.0. The number of nitrogens with zero attached hydrogens (tertiary/aromatic N) is 1. The summed E-state index contributed by atoms with van der Waals surface area (Å²) in [5.74, 6) is -0.302. The third-order valence-electron chi connectivity index (χ3n) is 3.01. The van der Waals surface area contributed by atoms with Crippen molar-refractivity contribution in [1.29, 1.82) is 0 Å². The highest BCUT2D eigenvalue weighted by Crippen LogP contribution is 2.13. The second kappa shape index (κ2) is 8.27. The third-order valence-corrected chi connectivity index (χ3v) is 3.01. The Morgan fingerprint density at radius 2 is 2.25 bits per heavy atom. The number of benzene rings is 1. The first-order valence-electron chi connectivity index (χ1n) is 6.63. The fourth-order valence-electron chi connectivity index (χ4n) is 1.87. The van der Waals surface area contributed by atoms with Crippen LogP contribution < -0.4 is 5.32 Å². The maximum atomic E-state index is 11.6. The molecule has 1 atom stereocenters. The highest BCUT2D eigenvalue weighted by molar-refractivity contribution is 5.75. The monoisotopic (exact) mass is 280 g/mol. The molecule has 6 nitrogen and oxygen atoms in total. The lowest BCUT2D eigenvalue weighted by molar-refractivity contribution is -0.384. The number of carbonyl (C=O) groups excluding carboxylic acids is 1. The lowest BCUT2D eigenvalue weighted by Gasteiger charge is -2.16. The van der Waals surface area contributed by atoms with E-state index in [9.17, 15) is 14.9 Å². The van der Waals surface area contributed by atoms with E-state index < -0.39 is 4.92 Å². The first kappa shape index (κ1) is 16.1. The molecule has 0 spiro atoms. The van der Waals surface area contributed by atoms with Gasteiger partial charge in [-0.25, -0.2) is 0 Å². The summed E-state index contributed by atoms with van der Waals surface area (Å²) in [5.41, 5.74) is 0.817. The van der Waals surface area contributed by atoms with Gasteiger partial charge in [0, 0.05) is 18.7 Å². The first-order chi connectivity index (χ1) is 9.58. The number of nitro groups is 1. The summed E-state index contributed by atoms with van der Waals surface area (Å²) < 4.78 is 4.75. The van der Waals surface area contributed by atoms with Crippen molar-refractivity contribution < 1.29 is 14.5 Å². The Kier molecular flexibility index (Phi) is 6.66. The molecule has 1 N–H and O–H groups in total. The van der Waals surface area contributed by atoms with Crippen molar-refractivity contribution in [3.05, 3.63) is 39.9 Å². The van der Waals surface area contributed by atoms with Crippen LogP contribution in [0.15, 0.2) is 24.3 Å². The van der Waals surface area contributed by atoms with Crippen molar-refractivity contribution in [2.45, 2.75) is 38.8 Å². The lowest BCUT2D eigenvalue weighted by Crippen LogP contribution is -2.37. The van der Waals surface area contributed by atoms with E-state index in [0.717, 1.165) is 18.4 Å². The molecule has 0 fully saturated rings. The number of carbonyl (C=O) groups is 1. The van der Waals surface area contributed by atoms with Gasteiger partial charge in [0.1, 0.15) is 6.04 Å². The van der Waals surface area contributed by atoms with Crippen LogP contribution in [-0.4, -0.2) is 24.0 Å². The molecular formula is C14H20N2O4. The second-order valence-corrected chi connectivity index (χ2v) is 4.53. The summed E-state index contributed by atoms with van der Waals surface area (Å²) in [4.78, 5) is 21.9. The van der Waals surface area contributed by atoms with E-state index in [1.54, 1.807) is 12.1 Å². The molecule has 0 aromatic heterocycles. The number of non-ortho nitro benzene ring substituents is 1. The average Bonchev–Trinajstić information content (AvgIpc) is 2.47. The maximum absolute atomic E-state index is 11.6. The molecule has 0 saturated heterocycles. The number of rotatable bonds is 8. The van der Waals surface area contributed by atoms with Gasteiger partial charge < -0.3 is 10.1 Å². The van der Waals surface area contributed by atoms with Crippen molar-refractivity contribution in [2.75, 3.05) is 7.11 Å². The topological polar surface area (TPSA) is 81.5 Å². The molecule has 0 saturated carbocycles. The van der Waals surface area contributed by atoms with Crippen LogP contribution in [0.25, 0.3) is 0 Å². The minimum absolute atomic E-state index is 0.0486. The predicted molar refractivity (Wildman–Crippen MR) is 75.3 cm³/mol. The predicted octanol–water partition coefficient (Wildman–Crippen LogP) is 2.42. The number of nitrogens with one attached hydrogen (secondary N) is 1. The van der Waals surface area contributed by atoms with Gasteiger partial charge in [-0.1, -0.05) is 31.9 Å². The summed E-state index contributed by atoms with van der Waals surface area (Å²) in [5, 5.41) is 13.8. The van der Waals surface area contributed by atoms with Crippen molar-refractivity contribution in [3.8, 4) is 0 Å². The van der Waals surface area contributed by atoms with E-state index in [2.05, 4.69) is 12.2 Å². The number of methoxy groups -OCH3 is 1. The minimum Gasteiger partial charge on any atom is -0.468 e. The van der Waals surface area contributed by atoms with E-state index in [0.29, 0.717) is 13.0 Å². The van der Waals surface area contributed by atoms with Gasteiger partial charge >= 0.3 is 5.97 Å². The minimum atomic E-state index is -0.432. The second-order valence-electron chi connectivity index (χ2n) is 4.53. The van der Waals surface area contributed by atoms with Gasteiger partial charge in [0.25, 0.3) is 5.69 Å². The van der Waals surface area contributed by atoms with E-state index in [1.807, 2.05) is 0 Å². The summed E-state index contributed by atoms with van der Waals surface area (Å²) in [6.07, 6.45) is 2.60. The molecule has 0 heterocycles. The van der Waals surface area contributed by atoms with Crippen LogP contribution in [0, 0.1) is 10.1 Å². The zero-order valence-electron chi connectivity index (χ0n) is 11.8. The first-order valence-corrected chi connectivity index (χ1v) is 6.63. The molecule has 1 rings (SSSR count). The van der Waals surface area contributed by atoms with Gasteiger partial charge in [-0.15, -0.1) is 0 Å². The van der Waals surface area contributed by atoms with Crippen LogP contribution in [-0.2, 0) is 16.1 Å². The van der Waals surface area contributed by atoms with Gasteiger partial charge in [-0.2, -0.15) is 0 Å². The van der Waals surface area contributed by atoms with E-state index in [4.69, 9.17) is 4.74 Å². The van der Waals surface area contributed by atoms with Crippen LogP contribution in [0.4, 0.5) is 5.69 Å². The van der Waals surface area contributed by atoms with E-state index in [1.165, 1.54) is 19.2 Å². The molecule has 0 aliphatic carbocycles. The lowest BCUT2D eigenvalue weighted by atomic mass is 10.1. The molecule has 1 unspecified atom stereocenters. The average molecular weight is 280 g/mol. The number of ether oxygens (including phenoxy) is 1. The van der Waals surface area contributed by atoms with Gasteiger partial charge in [0.15, 0.2) is 0 Å². The molecule has 0 aliphatic heterocycles. The van der Waals surface area contributed by atoms with Crippen molar-refractivity contribution in [1.82, 2.24) is 5.32 Å². The Morgan fingerprint density at radius 3 is 2.85 bits per heavy atom. The normalized spacial score (nSPS) is 11.9. The number of esters is 1. The van der Waals surface area contributed by atoms with Crippen LogP contribution in [0.1, 0.15) is 31.7 Å². The van der Waals surface area contributed by atoms with Gasteiger partial charge in [-0.05, 0) is 12.0 Å². The maximum Gasteiger partial charge on any atom is 0.322 e. The Labute approximate surface area is 118 Å². The zero-order valence-corrected chi connectivity index (χ0v) is 11.8. The van der Waals surface area contributed by atoms with Crippen LogP contribution in [0.3, 0.4) is 0 Å². The molecule has 0 radical (unpaired) electrons. The van der Waals surface area contributed by atoms with Gasteiger partial charge in [0.05, 0.1) is 12.0 Å².